The van der Waals surface area contributed by atoms with Crippen molar-refractivity contribution in [2.45, 2.75) is 4.90 Å². The highest BCUT2D eigenvalue weighted by molar-refractivity contribution is 7.92. The quantitative estimate of drug-likeness (QED) is 0.529. The maximum absolute atomic E-state index is 13.5. The Morgan fingerprint density at radius 1 is 0.844 bits per heavy atom. The molecule has 0 aliphatic rings. The molecule has 1 amide bonds. The van der Waals surface area contributed by atoms with Crippen molar-refractivity contribution in [3.63, 3.8) is 0 Å². The van der Waals surface area contributed by atoms with Gasteiger partial charge in [0.2, 0.25) is 5.91 Å². The van der Waals surface area contributed by atoms with E-state index in [1.807, 2.05) is 0 Å². The monoisotopic (exact) mass is 456 g/mol. The minimum atomic E-state index is -4.07. The maximum atomic E-state index is 13.5. The van der Waals surface area contributed by atoms with Crippen molar-refractivity contribution in [1.29, 1.82) is 0 Å². The summed E-state index contributed by atoms with van der Waals surface area (Å²) < 4.78 is 43.7. The summed E-state index contributed by atoms with van der Waals surface area (Å²) in [6.45, 7) is -0.466. The molecule has 1 N–H and O–H groups in total. The second-order valence-electron chi connectivity index (χ2n) is 6.64. The van der Waals surface area contributed by atoms with E-state index in [1.165, 1.54) is 26.4 Å². The second kappa shape index (κ2) is 10.1. The molecule has 3 rings (SSSR count). The topological polar surface area (TPSA) is 94.2 Å². The van der Waals surface area contributed by atoms with Crippen LogP contribution in [0.4, 0.5) is 11.4 Å². The van der Waals surface area contributed by atoms with Gasteiger partial charge in [0.05, 0.1) is 31.9 Å². The van der Waals surface area contributed by atoms with Gasteiger partial charge >= 0.3 is 0 Å². The fourth-order valence-corrected chi connectivity index (χ4v) is 4.47. The number of hydrogen-bond donors (Lipinski definition) is 1. The number of carbonyl (C=O) groups is 1. The summed E-state index contributed by atoms with van der Waals surface area (Å²) in [5.41, 5.74) is 0.719. The lowest BCUT2D eigenvalue weighted by molar-refractivity contribution is -0.114. The number of nitrogens with zero attached hydrogens (tertiary/aromatic N) is 1. The summed E-state index contributed by atoms with van der Waals surface area (Å²) in [7, 11) is 0.386. The number of rotatable bonds is 9. The van der Waals surface area contributed by atoms with Gasteiger partial charge in [-0.05, 0) is 48.5 Å². The third-order valence-electron chi connectivity index (χ3n) is 4.65. The molecular formula is C23H24N2O6S. The standard InChI is InChI=1S/C23H24N2O6S/c1-29-18-11-9-17(10-12-18)24-23(26)16-25(32(27,28)20-7-5-4-6-8-20)21-14-13-19(30-2)15-22(21)31-3/h4-15H,16H2,1-3H3,(H,24,26). The lowest BCUT2D eigenvalue weighted by Gasteiger charge is -2.26. The lowest BCUT2D eigenvalue weighted by atomic mass is 10.2. The first-order valence-electron chi connectivity index (χ1n) is 9.62. The van der Waals surface area contributed by atoms with Gasteiger partial charge in [0.1, 0.15) is 23.8 Å². The molecule has 0 aliphatic heterocycles. The van der Waals surface area contributed by atoms with E-state index in [4.69, 9.17) is 14.2 Å². The molecule has 3 aromatic rings. The zero-order valence-electron chi connectivity index (χ0n) is 17.9. The van der Waals surface area contributed by atoms with Crippen LogP contribution in [0.25, 0.3) is 0 Å². The smallest absolute Gasteiger partial charge is 0.264 e. The van der Waals surface area contributed by atoms with Crippen LogP contribution in [0.1, 0.15) is 0 Å². The summed E-state index contributed by atoms with van der Waals surface area (Å²) >= 11 is 0. The van der Waals surface area contributed by atoms with Crippen LogP contribution in [-0.4, -0.2) is 42.2 Å². The van der Waals surface area contributed by atoms with Gasteiger partial charge in [-0.25, -0.2) is 8.42 Å². The Labute approximate surface area is 187 Å². The van der Waals surface area contributed by atoms with Gasteiger partial charge in [0.25, 0.3) is 10.0 Å². The van der Waals surface area contributed by atoms with Crippen LogP contribution < -0.4 is 23.8 Å². The molecule has 0 saturated carbocycles. The van der Waals surface area contributed by atoms with Crippen LogP contribution >= 0.6 is 0 Å². The van der Waals surface area contributed by atoms with Crippen LogP contribution in [0.5, 0.6) is 17.2 Å². The van der Waals surface area contributed by atoms with Gasteiger partial charge in [-0.2, -0.15) is 0 Å². The maximum Gasteiger partial charge on any atom is 0.264 e. The molecule has 0 unspecified atom stereocenters. The molecule has 0 radical (unpaired) electrons. The van der Waals surface area contributed by atoms with Gasteiger partial charge in [0, 0.05) is 11.8 Å². The van der Waals surface area contributed by atoms with Crippen molar-refractivity contribution >= 4 is 27.3 Å². The fourth-order valence-electron chi connectivity index (χ4n) is 3.02. The normalized spacial score (nSPS) is 10.8. The van der Waals surface area contributed by atoms with Crippen molar-refractivity contribution in [2.75, 3.05) is 37.5 Å². The third-order valence-corrected chi connectivity index (χ3v) is 6.42. The Kier molecular flexibility index (Phi) is 7.21. The van der Waals surface area contributed by atoms with Crippen molar-refractivity contribution in [3.05, 3.63) is 72.8 Å². The first-order chi connectivity index (χ1) is 15.4. The van der Waals surface area contributed by atoms with E-state index in [0.29, 0.717) is 17.2 Å². The number of nitrogens with one attached hydrogen (secondary N) is 1. The number of sulfonamides is 1. The molecule has 0 aliphatic carbocycles. The second-order valence-corrected chi connectivity index (χ2v) is 8.50. The summed E-state index contributed by atoms with van der Waals surface area (Å²) in [4.78, 5) is 12.9. The van der Waals surface area contributed by atoms with Gasteiger partial charge in [-0.15, -0.1) is 0 Å². The molecule has 0 saturated heterocycles. The largest absolute Gasteiger partial charge is 0.497 e. The zero-order chi connectivity index (χ0) is 23.1. The van der Waals surface area contributed by atoms with E-state index in [0.717, 1.165) is 4.31 Å². The Bertz CT molecular complexity index is 1160. The predicted octanol–water partition coefficient (Wildman–Crippen LogP) is 3.55. The average Bonchev–Trinajstić information content (AvgIpc) is 2.83. The Hall–Kier alpha value is -3.72. The summed E-state index contributed by atoms with van der Waals surface area (Å²) in [5, 5.41) is 2.71. The number of carbonyl (C=O) groups excluding carboxylic acids is 1. The number of hydrogen-bond acceptors (Lipinski definition) is 6. The van der Waals surface area contributed by atoms with E-state index in [9.17, 15) is 13.2 Å². The number of amides is 1. The van der Waals surface area contributed by atoms with Crippen LogP contribution in [0.2, 0.25) is 0 Å². The number of benzene rings is 3. The summed E-state index contributed by atoms with van der Waals surface area (Å²) in [6, 6.07) is 19.3. The Balaban J connectivity index is 1.98. The molecule has 0 fully saturated rings. The molecule has 0 spiro atoms. The first kappa shape index (κ1) is 23.0. The van der Waals surface area contributed by atoms with Crippen molar-refractivity contribution in [1.82, 2.24) is 0 Å². The zero-order valence-corrected chi connectivity index (χ0v) is 18.8. The van der Waals surface area contributed by atoms with Crippen molar-refractivity contribution < 1.29 is 27.4 Å². The van der Waals surface area contributed by atoms with E-state index < -0.39 is 22.5 Å². The number of anilines is 2. The van der Waals surface area contributed by atoms with Crippen LogP contribution in [0.3, 0.4) is 0 Å². The molecule has 32 heavy (non-hydrogen) atoms. The molecule has 3 aromatic carbocycles. The third kappa shape index (κ3) is 5.12. The predicted molar refractivity (Wildman–Crippen MR) is 122 cm³/mol. The van der Waals surface area contributed by atoms with Crippen LogP contribution in [-0.2, 0) is 14.8 Å². The van der Waals surface area contributed by atoms with E-state index in [-0.39, 0.29) is 16.3 Å². The molecule has 9 heteroatoms. The van der Waals surface area contributed by atoms with Gasteiger partial charge in [-0.1, -0.05) is 18.2 Å². The van der Waals surface area contributed by atoms with Crippen LogP contribution in [0.15, 0.2) is 77.7 Å². The lowest BCUT2D eigenvalue weighted by Crippen LogP contribution is -2.38. The molecule has 168 valence electrons. The SMILES string of the molecule is COc1ccc(NC(=O)CN(c2ccc(OC)cc2OC)S(=O)(=O)c2ccccc2)cc1. The minimum Gasteiger partial charge on any atom is -0.497 e. The highest BCUT2D eigenvalue weighted by Gasteiger charge is 2.29. The molecule has 8 nitrogen and oxygen atoms in total. The minimum absolute atomic E-state index is 0.0510. The molecular weight excluding hydrogens is 432 g/mol. The highest BCUT2D eigenvalue weighted by Crippen LogP contribution is 2.35. The van der Waals surface area contributed by atoms with E-state index in [2.05, 4.69) is 5.32 Å². The summed E-state index contributed by atoms with van der Waals surface area (Å²) in [6.07, 6.45) is 0. The Morgan fingerprint density at radius 3 is 2.06 bits per heavy atom. The van der Waals surface area contributed by atoms with Crippen molar-refractivity contribution in [2.24, 2.45) is 0 Å². The molecule has 0 bridgehead atoms. The van der Waals surface area contributed by atoms with Gasteiger partial charge in [-0.3, -0.25) is 9.10 Å². The van der Waals surface area contributed by atoms with E-state index in [1.54, 1.807) is 67.8 Å². The van der Waals surface area contributed by atoms with Crippen molar-refractivity contribution in [3.8, 4) is 17.2 Å². The molecule has 0 atom stereocenters. The van der Waals surface area contributed by atoms with E-state index >= 15 is 0 Å². The number of methoxy groups -OCH3 is 3. The highest BCUT2D eigenvalue weighted by atomic mass is 32.2. The van der Waals surface area contributed by atoms with Gasteiger partial charge in [0.15, 0.2) is 0 Å². The Morgan fingerprint density at radius 2 is 1.47 bits per heavy atom. The average molecular weight is 457 g/mol. The number of ether oxygens (including phenoxy) is 3. The van der Waals surface area contributed by atoms with Gasteiger partial charge < -0.3 is 19.5 Å². The first-order valence-corrected chi connectivity index (χ1v) is 11.1. The summed E-state index contributed by atoms with van der Waals surface area (Å²) in [5.74, 6) is 0.859. The molecule has 0 heterocycles. The van der Waals surface area contributed by atoms with Crippen LogP contribution in [0, 0.1) is 0 Å². The fraction of sp³-hybridized carbons (Fsp3) is 0.174. The molecule has 0 aromatic heterocycles.